The van der Waals surface area contributed by atoms with E-state index in [4.69, 9.17) is 16.0 Å². The van der Waals surface area contributed by atoms with E-state index >= 15 is 0 Å². The van der Waals surface area contributed by atoms with E-state index in [-0.39, 0.29) is 27.3 Å². The first-order chi connectivity index (χ1) is 16.0. The van der Waals surface area contributed by atoms with Crippen LogP contribution < -0.4 is 5.32 Å². The number of carbonyl (C=O) groups excluding carboxylic acids is 2. The lowest BCUT2D eigenvalue weighted by Gasteiger charge is -2.16. The summed E-state index contributed by atoms with van der Waals surface area (Å²) in [5.74, 6) is -3.00. The van der Waals surface area contributed by atoms with Gasteiger partial charge in [0.2, 0.25) is 0 Å². The summed E-state index contributed by atoms with van der Waals surface area (Å²) in [5.41, 5.74) is -0.394. The summed E-state index contributed by atoms with van der Waals surface area (Å²) in [6, 6.07) is 2.39. The van der Waals surface area contributed by atoms with Crippen LogP contribution in [0.5, 0.6) is 0 Å². The molecule has 34 heavy (non-hydrogen) atoms. The first kappa shape index (κ1) is 23.5. The van der Waals surface area contributed by atoms with Crippen LogP contribution in [0.1, 0.15) is 46.4 Å². The molecule has 0 fully saturated rings. The number of hydrogen-bond acceptors (Lipinski definition) is 6. The molecule has 0 aliphatic rings. The highest BCUT2D eigenvalue weighted by Crippen LogP contribution is 2.37. The van der Waals surface area contributed by atoms with Crippen LogP contribution in [0.15, 0.2) is 41.2 Å². The monoisotopic (exact) mass is 498 g/mol. The third-order valence-corrected chi connectivity index (χ3v) is 5.34. The number of halogens is 5. The minimum absolute atomic E-state index is 0.0435. The third-order valence-electron chi connectivity index (χ3n) is 4.95. The van der Waals surface area contributed by atoms with Crippen molar-refractivity contribution in [2.45, 2.75) is 32.2 Å². The molecule has 0 saturated carbocycles. The Balaban J connectivity index is 1.65. The van der Waals surface area contributed by atoms with Crippen LogP contribution >= 0.6 is 11.6 Å². The van der Waals surface area contributed by atoms with Gasteiger partial charge >= 0.3 is 12.1 Å². The average molecular weight is 499 g/mol. The van der Waals surface area contributed by atoms with Crippen molar-refractivity contribution in [3.63, 3.8) is 0 Å². The maximum absolute atomic E-state index is 14.1. The molecular formula is C21H15ClF4N4O4. The Bertz CT molecular complexity index is 1420. The fraction of sp³-hybridized carbons (Fsp3) is 0.238. The number of aromatic nitrogens is 3. The van der Waals surface area contributed by atoms with Gasteiger partial charge in [0.05, 0.1) is 17.3 Å². The molecule has 4 rings (SSSR count). The first-order valence-electron chi connectivity index (χ1n) is 9.75. The Kier molecular flexibility index (Phi) is 5.94. The topological polar surface area (TPSA) is 98.7 Å². The summed E-state index contributed by atoms with van der Waals surface area (Å²) in [5, 5.41) is 6.47. The number of rotatable bonds is 5. The molecule has 0 spiro atoms. The van der Waals surface area contributed by atoms with Gasteiger partial charge in [-0.15, -0.1) is 0 Å². The van der Waals surface area contributed by atoms with Gasteiger partial charge in [-0.25, -0.2) is 18.7 Å². The Labute approximate surface area is 193 Å². The molecule has 3 heterocycles. The zero-order chi connectivity index (χ0) is 24.8. The smallest absolute Gasteiger partial charge is 0.425 e. The zero-order valence-electron chi connectivity index (χ0n) is 17.5. The lowest BCUT2D eigenvalue weighted by atomic mass is 10.1. The van der Waals surface area contributed by atoms with Crippen molar-refractivity contribution in [3.8, 4) is 0 Å². The number of alkyl halides is 3. The molecule has 0 aliphatic heterocycles. The zero-order valence-corrected chi connectivity index (χ0v) is 18.2. The molecule has 0 aliphatic carbocycles. The van der Waals surface area contributed by atoms with Gasteiger partial charge in [-0.3, -0.25) is 4.79 Å². The predicted molar refractivity (Wildman–Crippen MR) is 111 cm³/mol. The maximum Gasteiger partial charge on any atom is 0.425 e. The van der Waals surface area contributed by atoms with Crippen LogP contribution in [-0.2, 0) is 4.74 Å². The van der Waals surface area contributed by atoms with Crippen molar-refractivity contribution in [1.29, 1.82) is 0 Å². The number of nitrogens with zero attached hydrogens (tertiary/aromatic N) is 3. The number of furan rings is 1. The summed E-state index contributed by atoms with van der Waals surface area (Å²) in [6.07, 6.45) is -2.83. The van der Waals surface area contributed by atoms with Gasteiger partial charge in [0.1, 0.15) is 22.7 Å². The molecule has 1 unspecified atom stereocenters. The molecule has 0 radical (unpaired) electrons. The summed E-state index contributed by atoms with van der Waals surface area (Å²) in [4.78, 5) is 29.2. The first-order valence-corrected chi connectivity index (χ1v) is 10.1. The quantitative estimate of drug-likeness (QED) is 0.311. The van der Waals surface area contributed by atoms with E-state index in [1.807, 2.05) is 0 Å². The van der Waals surface area contributed by atoms with Crippen molar-refractivity contribution in [2.24, 2.45) is 0 Å². The molecule has 13 heteroatoms. The Hall–Kier alpha value is -3.67. The number of amides is 1. The van der Waals surface area contributed by atoms with Crippen LogP contribution in [0.2, 0.25) is 5.02 Å². The van der Waals surface area contributed by atoms with E-state index < -0.39 is 41.6 Å². The van der Waals surface area contributed by atoms with Crippen molar-refractivity contribution in [3.05, 3.63) is 64.5 Å². The largest absolute Gasteiger partial charge is 0.456 e. The number of carbonyl (C=O) groups is 2. The van der Waals surface area contributed by atoms with E-state index in [0.29, 0.717) is 18.6 Å². The molecule has 0 bridgehead atoms. The molecule has 1 aromatic carbocycles. The lowest BCUT2D eigenvalue weighted by Crippen LogP contribution is -2.31. The van der Waals surface area contributed by atoms with Crippen LogP contribution in [0.25, 0.3) is 16.6 Å². The second kappa shape index (κ2) is 8.60. The fourth-order valence-electron chi connectivity index (χ4n) is 3.20. The second-order valence-corrected chi connectivity index (χ2v) is 7.72. The number of nitrogens with one attached hydrogen (secondary N) is 1. The van der Waals surface area contributed by atoms with E-state index in [2.05, 4.69) is 20.1 Å². The number of benzene rings is 1. The summed E-state index contributed by atoms with van der Waals surface area (Å²) < 4.78 is 63.9. The molecule has 1 N–H and O–H groups in total. The van der Waals surface area contributed by atoms with E-state index in [9.17, 15) is 27.2 Å². The average Bonchev–Trinajstić information content (AvgIpc) is 3.34. The van der Waals surface area contributed by atoms with E-state index in [1.54, 1.807) is 12.3 Å². The molecule has 4 aromatic rings. The third kappa shape index (κ3) is 4.28. The van der Waals surface area contributed by atoms with Crippen molar-refractivity contribution in [1.82, 2.24) is 19.9 Å². The minimum Gasteiger partial charge on any atom is -0.456 e. The van der Waals surface area contributed by atoms with Crippen molar-refractivity contribution < 1.29 is 36.3 Å². The molecule has 2 atom stereocenters. The highest BCUT2D eigenvalue weighted by molar-refractivity contribution is 6.36. The standard InChI is InChI=1S/C21H15ClF4N4O4/c1-9(29-19(31)14-8-28-30-5-3-4-27-18(14)30)16-15(22)12-6-11(23)7-13(17(12)34-16)20(32)33-10(2)21(24,25)26/h3-10H,1-2H3,(H,29,31)/t9-,10?/m0/s1. The van der Waals surface area contributed by atoms with Crippen LogP contribution in [0.3, 0.4) is 0 Å². The SMILES string of the molecule is CC(OC(=O)c1cc(F)cc2c(Cl)c([C@H](C)NC(=O)c3cnn4cccnc34)oc12)C(F)(F)F. The van der Waals surface area contributed by atoms with Crippen molar-refractivity contribution in [2.75, 3.05) is 0 Å². The van der Waals surface area contributed by atoms with Gasteiger partial charge in [-0.05, 0) is 32.0 Å². The fourth-order valence-corrected chi connectivity index (χ4v) is 3.54. The molecule has 0 saturated heterocycles. The predicted octanol–water partition coefficient (Wildman–Crippen LogP) is 4.87. The van der Waals surface area contributed by atoms with Crippen LogP contribution in [0.4, 0.5) is 17.6 Å². The minimum atomic E-state index is -4.81. The van der Waals surface area contributed by atoms with Gasteiger partial charge in [0, 0.05) is 17.8 Å². The van der Waals surface area contributed by atoms with Gasteiger partial charge in [0.25, 0.3) is 5.91 Å². The second-order valence-electron chi connectivity index (χ2n) is 7.34. The highest BCUT2D eigenvalue weighted by Gasteiger charge is 2.40. The number of esters is 1. The summed E-state index contributed by atoms with van der Waals surface area (Å²) in [6.45, 7) is 2.16. The van der Waals surface area contributed by atoms with Crippen LogP contribution in [0, 0.1) is 5.82 Å². The molecule has 178 valence electrons. The molecule has 3 aromatic heterocycles. The normalized spacial score (nSPS) is 13.7. The number of fused-ring (bicyclic) bond motifs is 2. The molecule has 1 amide bonds. The van der Waals surface area contributed by atoms with Gasteiger partial charge in [-0.1, -0.05) is 11.6 Å². The number of hydrogen-bond donors (Lipinski definition) is 1. The molecular weight excluding hydrogens is 484 g/mol. The van der Waals surface area contributed by atoms with E-state index in [0.717, 1.165) is 6.07 Å². The lowest BCUT2D eigenvalue weighted by molar-refractivity contribution is -0.198. The van der Waals surface area contributed by atoms with Crippen molar-refractivity contribution >= 4 is 40.1 Å². The van der Waals surface area contributed by atoms with Gasteiger partial charge in [-0.2, -0.15) is 18.3 Å². The van der Waals surface area contributed by atoms with Gasteiger partial charge < -0.3 is 14.5 Å². The Morgan fingerprint density at radius 2 is 1.97 bits per heavy atom. The summed E-state index contributed by atoms with van der Waals surface area (Å²) in [7, 11) is 0. The van der Waals surface area contributed by atoms with Crippen LogP contribution in [-0.4, -0.2) is 38.8 Å². The Morgan fingerprint density at radius 1 is 1.24 bits per heavy atom. The highest BCUT2D eigenvalue weighted by atomic mass is 35.5. The van der Waals surface area contributed by atoms with Gasteiger partial charge in [0.15, 0.2) is 17.3 Å². The van der Waals surface area contributed by atoms with E-state index in [1.165, 1.54) is 23.8 Å². The summed E-state index contributed by atoms with van der Waals surface area (Å²) >= 11 is 6.31. The molecule has 8 nitrogen and oxygen atoms in total. The Morgan fingerprint density at radius 3 is 2.68 bits per heavy atom. The number of ether oxygens (including phenoxy) is 1. The maximum atomic E-state index is 14.1.